The number of pyridine rings is 1. The van der Waals surface area contributed by atoms with E-state index >= 15 is 0 Å². The van der Waals surface area contributed by atoms with Gasteiger partial charge in [-0.05, 0) is 18.2 Å². The summed E-state index contributed by atoms with van der Waals surface area (Å²) in [5.41, 5.74) is 3.11. The molecule has 1 amide bonds. The predicted octanol–water partition coefficient (Wildman–Crippen LogP) is -0.0619. The minimum atomic E-state index is -0.484. The molecule has 0 aromatic carbocycles. The monoisotopic (exact) mass is 260 g/mol. The van der Waals surface area contributed by atoms with Gasteiger partial charge in [-0.1, -0.05) is 6.07 Å². The molecule has 0 bridgehead atoms. The van der Waals surface area contributed by atoms with Gasteiger partial charge in [0.1, 0.15) is 0 Å². The molecule has 99 valence electrons. The summed E-state index contributed by atoms with van der Waals surface area (Å²) in [4.78, 5) is 26.8. The van der Waals surface area contributed by atoms with Crippen LogP contribution in [-0.4, -0.2) is 48.5 Å². The van der Waals surface area contributed by atoms with Gasteiger partial charge in [-0.15, -0.1) is 0 Å². The first-order chi connectivity index (χ1) is 9.29. The molecule has 0 atom stereocenters. The van der Waals surface area contributed by atoms with Crippen molar-refractivity contribution in [1.82, 2.24) is 15.4 Å². The lowest BCUT2D eigenvalue weighted by atomic mass is 10.2. The van der Waals surface area contributed by atoms with E-state index in [0.29, 0.717) is 32.0 Å². The van der Waals surface area contributed by atoms with Gasteiger partial charge in [-0.2, -0.15) is 0 Å². The van der Waals surface area contributed by atoms with Crippen molar-refractivity contribution in [2.45, 2.75) is 0 Å². The van der Waals surface area contributed by atoms with Crippen molar-refractivity contribution in [1.29, 1.82) is 0 Å². The Morgan fingerprint density at radius 1 is 1.42 bits per heavy atom. The first kappa shape index (κ1) is 13.4. The van der Waals surface area contributed by atoms with Gasteiger partial charge in [0.2, 0.25) is 6.29 Å². The zero-order valence-corrected chi connectivity index (χ0v) is 10.3. The average molecular weight is 260 g/mol. The second kappa shape index (κ2) is 6.77. The van der Waals surface area contributed by atoms with Crippen LogP contribution in [0.4, 0.5) is 0 Å². The lowest BCUT2D eigenvalue weighted by Crippen LogP contribution is -2.48. The molecule has 1 aromatic rings. The number of nitrogens with zero attached hydrogens (tertiary/aromatic N) is 2. The third-order valence-electron chi connectivity index (χ3n) is 2.61. The summed E-state index contributed by atoms with van der Waals surface area (Å²) in [6.07, 6.45) is 4.64. The predicted molar refractivity (Wildman–Crippen MR) is 68.4 cm³/mol. The molecule has 6 nitrogen and oxygen atoms in total. The Labute approximate surface area is 111 Å². The van der Waals surface area contributed by atoms with Gasteiger partial charge in [0.15, 0.2) is 0 Å². The first-order valence-electron chi connectivity index (χ1n) is 5.94. The van der Waals surface area contributed by atoms with Crippen LogP contribution in [0.3, 0.4) is 0 Å². The fourth-order valence-electron chi connectivity index (χ4n) is 1.63. The van der Waals surface area contributed by atoms with Crippen LogP contribution < -0.4 is 5.43 Å². The van der Waals surface area contributed by atoms with E-state index in [4.69, 9.17) is 4.74 Å². The maximum Gasteiger partial charge on any atom is 0.269 e. The van der Waals surface area contributed by atoms with Crippen molar-refractivity contribution >= 4 is 18.3 Å². The summed E-state index contributed by atoms with van der Waals surface area (Å²) in [5.74, 6) is -0.484. The number of hydrazine groups is 1. The number of hydrogen-bond acceptors (Lipinski definition) is 5. The van der Waals surface area contributed by atoms with Crippen LogP contribution in [0.2, 0.25) is 0 Å². The number of morpholine rings is 1. The number of rotatable bonds is 4. The third-order valence-corrected chi connectivity index (χ3v) is 2.61. The molecule has 6 heteroatoms. The number of carbonyl (C=O) groups is 1. The average Bonchev–Trinajstić information content (AvgIpc) is 2.47. The molecule has 1 radical (unpaired) electrons. The van der Waals surface area contributed by atoms with E-state index in [-0.39, 0.29) is 5.57 Å². The van der Waals surface area contributed by atoms with Crippen LogP contribution in [0.25, 0.3) is 6.08 Å². The molecule has 1 saturated heterocycles. The van der Waals surface area contributed by atoms with Crippen LogP contribution in [0, 0.1) is 0 Å². The summed E-state index contributed by atoms with van der Waals surface area (Å²) in [7, 11) is 0. The highest BCUT2D eigenvalue weighted by Gasteiger charge is 2.16. The highest BCUT2D eigenvalue weighted by molar-refractivity contribution is 6.14. The number of amides is 1. The smallest absolute Gasteiger partial charge is 0.269 e. The van der Waals surface area contributed by atoms with Gasteiger partial charge in [0, 0.05) is 19.3 Å². The second-order valence-electron chi connectivity index (χ2n) is 3.96. The van der Waals surface area contributed by atoms with E-state index in [0.717, 1.165) is 0 Å². The fraction of sp³-hybridized carbons (Fsp3) is 0.308. The highest BCUT2D eigenvalue weighted by atomic mass is 16.5. The first-order valence-corrected chi connectivity index (χ1v) is 5.94. The molecular formula is C13H14N3O3. The van der Waals surface area contributed by atoms with Crippen molar-refractivity contribution in [2.24, 2.45) is 0 Å². The number of ether oxygens (including phenoxy) is 1. The van der Waals surface area contributed by atoms with Gasteiger partial charge in [-0.3, -0.25) is 20.0 Å². The van der Waals surface area contributed by atoms with E-state index in [1.165, 1.54) is 6.08 Å². The molecular weight excluding hydrogens is 246 g/mol. The zero-order valence-electron chi connectivity index (χ0n) is 10.3. The number of hydrogen-bond donors (Lipinski definition) is 1. The fourth-order valence-corrected chi connectivity index (χ4v) is 1.63. The maximum atomic E-state index is 11.9. The Kier molecular flexibility index (Phi) is 4.77. The molecule has 1 aromatic heterocycles. The zero-order chi connectivity index (χ0) is 13.5. The number of carbonyl (C=O) groups excluding carboxylic acids is 2. The Bertz CT molecular complexity index is 467. The Morgan fingerprint density at radius 3 is 2.84 bits per heavy atom. The molecule has 0 aliphatic carbocycles. The second-order valence-corrected chi connectivity index (χ2v) is 3.96. The summed E-state index contributed by atoms with van der Waals surface area (Å²) >= 11 is 0. The molecule has 1 aliphatic heterocycles. The summed E-state index contributed by atoms with van der Waals surface area (Å²) in [6.45, 7) is 2.32. The summed E-state index contributed by atoms with van der Waals surface area (Å²) < 4.78 is 5.17. The minimum Gasteiger partial charge on any atom is -0.379 e. The molecule has 1 N–H and O–H groups in total. The molecule has 0 spiro atoms. The van der Waals surface area contributed by atoms with E-state index < -0.39 is 5.91 Å². The topological polar surface area (TPSA) is 71.5 Å². The van der Waals surface area contributed by atoms with Crippen LogP contribution in [0.15, 0.2) is 30.0 Å². The molecule has 0 unspecified atom stereocenters. The molecule has 1 fully saturated rings. The molecule has 0 saturated carbocycles. The van der Waals surface area contributed by atoms with Crippen molar-refractivity contribution < 1.29 is 14.3 Å². The number of aromatic nitrogens is 1. The van der Waals surface area contributed by atoms with Crippen LogP contribution >= 0.6 is 0 Å². The summed E-state index contributed by atoms with van der Waals surface area (Å²) in [5, 5.41) is 1.72. The normalized spacial score (nSPS) is 16.9. The summed E-state index contributed by atoms with van der Waals surface area (Å²) in [6, 6.07) is 5.25. The van der Waals surface area contributed by atoms with E-state index in [1.807, 2.05) is 0 Å². The van der Waals surface area contributed by atoms with Crippen LogP contribution in [0.5, 0.6) is 0 Å². The molecule has 2 heterocycles. The van der Waals surface area contributed by atoms with Gasteiger partial charge in [0.25, 0.3) is 5.91 Å². The van der Waals surface area contributed by atoms with Gasteiger partial charge >= 0.3 is 0 Å². The van der Waals surface area contributed by atoms with Crippen molar-refractivity contribution in [3.05, 3.63) is 35.7 Å². The standard InChI is InChI=1S/C13H14N3O3/c17-10-11(9-12-3-1-2-4-14-12)13(18)15-16-5-7-19-8-6-16/h1-4,9H,5-8H2,(H,15,18). The highest BCUT2D eigenvalue weighted by Crippen LogP contribution is 2.03. The quantitative estimate of drug-likeness (QED) is 0.466. The van der Waals surface area contributed by atoms with E-state index in [2.05, 4.69) is 10.4 Å². The SMILES string of the molecule is O=[C]C(=Cc1ccccn1)C(=O)NN1CCOCC1. The van der Waals surface area contributed by atoms with Crippen LogP contribution in [-0.2, 0) is 14.3 Å². The molecule has 19 heavy (non-hydrogen) atoms. The van der Waals surface area contributed by atoms with Crippen molar-refractivity contribution in [2.75, 3.05) is 26.3 Å². The minimum absolute atomic E-state index is 0.0785. The Hall–Kier alpha value is -2.05. The van der Waals surface area contributed by atoms with Crippen molar-refractivity contribution in [3.63, 3.8) is 0 Å². The third kappa shape index (κ3) is 3.97. The van der Waals surface area contributed by atoms with E-state index in [1.54, 1.807) is 35.7 Å². The Morgan fingerprint density at radius 2 is 2.21 bits per heavy atom. The largest absolute Gasteiger partial charge is 0.379 e. The van der Waals surface area contributed by atoms with Crippen LogP contribution in [0.1, 0.15) is 5.69 Å². The maximum absolute atomic E-state index is 11.9. The molecule has 1 aliphatic rings. The van der Waals surface area contributed by atoms with Gasteiger partial charge < -0.3 is 4.74 Å². The Balaban J connectivity index is 2.02. The van der Waals surface area contributed by atoms with E-state index in [9.17, 15) is 9.59 Å². The van der Waals surface area contributed by atoms with Crippen molar-refractivity contribution in [3.8, 4) is 0 Å². The van der Waals surface area contributed by atoms with Gasteiger partial charge in [0.05, 0.1) is 24.5 Å². The molecule has 2 rings (SSSR count). The number of nitrogens with one attached hydrogen (secondary N) is 1. The van der Waals surface area contributed by atoms with Gasteiger partial charge in [-0.25, -0.2) is 5.01 Å². The lowest BCUT2D eigenvalue weighted by Gasteiger charge is -2.26. The lowest BCUT2D eigenvalue weighted by molar-refractivity contribution is -0.123.